The van der Waals surface area contributed by atoms with Crippen molar-refractivity contribution in [3.63, 3.8) is 0 Å². The van der Waals surface area contributed by atoms with Gasteiger partial charge in [-0.1, -0.05) is 0 Å². The quantitative estimate of drug-likeness (QED) is 0.463. The molecule has 1 N–H and O–H groups in total. The van der Waals surface area contributed by atoms with Gasteiger partial charge in [-0.2, -0.15) is 0 Å². The molecule has 2 saturated heterocycles. The second-order valence-corrected chi connectivity index (χ2v) is 3.28. The van der Waals surface area contributed by atoms with Gasteiger partial charge in [-0.05, 0) is 18.8 Å². The first-order valence-electron chi connectivity index (χ1n) is 4.37. The van der Waals surface area contributed by atoms with Crippen LogP contribution in [0.1, 0.15) is 12.8 Å². The Morgan fingerprint density at radius 1 is 1.23 bits per heavy atom. The fourth-order valence-corrected chi connectivity index (χ4v) is 1.73. The molecule has 2 fully saturated rings. The average molecular weight is 185 g/mol. The Balaban J connectivity index is 1.99. The zero-order chi connectivity index (χ0) is 9.26. The van der Waals surface area contributed by atoms with E-state index in [0.717, 1.165) is 12.8 Å². The average Bonchev–Trinajstić information content (AvgIpc) is 2.47. The Bertz CT molecular complexity index is 234. The van der Waals surface area contributed by atoms with Crippen LogP contribution in [0.2, 0.25) is 0 Å². The summed E-state index contributed by atoms with van der Waals surface area (Å²) in [4.78, 5) is 21.9. The number of hydrogen-bond donors (Lipinski definition) is 1. The first kappa shape index (κ1) is 8.50. The Morgan fingerprint density at radius 2 is 1.92 bits per heavy atom. The van der Waals surface area contributed by atoms with Crippen LogP contribution in [0.25, 0.3) is 0 Å². The van der Waals surface area contributed by atoms with E-state index < -0.39 is 18.1 Å². The number of hydrogen-bond acceptors (Lipinski definition) is 4. The summed E-state index contributed by atoms with van der Waals surface area (Å²) in [6, 6.07) is -0.448. The number of rotatable bonds is 1. The van der Waals surface area contributed by atoms with Crippen molar-refractivity contribution >= 4 is 12.1 Å². The highest BCUT2D eigenvalue weighted by atomic mass is 16.6. The van der Waals surface area contributed by atoms with Crippen molar-refractivity contribution in [2.75, 3.05) is 13.2 Å². The van der Waals surface area contributed by atoms with Gasteiger partial charge in [-0.25, -0.2) is 9.59 Å². The van der Waals surface area contributed by atoms with Crippen molar-refractivity contribution in [2.45, 2.75) is 18.9 Å². The fraction of sp³-hybridized carbons (Fsp3) is 0.750. The molecule has 0 spiro atoms. The molecule has 1 amide bonds. The lowest BCUT2D eigenvalue weighted by atomic mass is 9.92. The maximum atomic E-state index is 11.1. The maximum absolute atomic E-state index is 11.1. The Kier molecular flexibility index (Phi) is 2.18. The van der Waals surface area contributed by atoms with E-state index in [2.05, 4.69) is 10.1 Å². The van der Waals surface area contributed by atoms with Gasteiger partial charge in [-0.3, -0.25) is 0 Å². The highest BCUT2D eigenvalue weighted by molar-refractivity contribution is 5.95. The standard InChI is InChI=1S/C8H11NO4/c10-7-6(9-8(11)13-7)5-1-3-12-4-2-5/h5-6H,1-4H2,(H,9,11). The van der Waals surface area contributed by atoms with E-state index in [4.69, 9.17) is 4.74 Å². The summed E-state index contributed by atoms with van der Waals surface area (Å²) in [5, 5.41) is 2.51. The number of ether oxygens (including phenoxy) is 2. The van der Waals surface area contributed by atoms with Crippen LogP contribution in [0.5, 0.6) is 0 Å². The summed E-state index contributed by atoms with van der Waals surface area (Å²) in [7, 11) is 0. The van der Waals surface area contributed by atoms with Gasteiger partial charge >= 0.3 is 12.1 Å². The van der Waals surface area contributed by atoms with Gasteiger partial charge in [0.15, 0.2) is 0 Å². The van der Waals surface area contributed by atoms with Crippen LogP contribution in [0, 0.1) is 5.92 Å². The van der Waals surface area contributed by atoms with Crippen LogP contribution >= 0.6 is 0 Å². The molecule has 1 atom stereocenters. The second-order valence-electron chi connectivity index (χ2n) is 3.28. The minimum absolute atomic E-state index is 0.174. The van der Waals surface area contributed by atoms with Crippen molar-refractivity contribution in [2.24, 2.45) is 5.92 Å². The SMILES string of the molecule is O=C1NC(C2CCOCC2)C(=O)O1. The molecule has 0 bridgehead atoms. The van der Waals surface area contributed by atoms with Gasteiger partial charge in [0, 0.05) is 13.2 Å². The smallest absolute Gasteiger partial charge is 0.381 e. The summed E-state index contributed by atoms with van der Waals surface area (Å²) < 4.78 is 9.55. The molecule has 1 unspecified atom stereocenters. The molecule has 0 aromatic heterocycles. The molecule has 0 aliphatic carbocycles. The number of amides is 1. The van der Waals surface area contributed by atoms with Crippen molar-refractivity contribution < 1.29 is 19.1 Å². The van der Waals surface area contributed by atoms with E-state index in [-0.39, 0.29) is 5.92 Å². The summed E-state index contributed by atoms with van der Waals surface area (Å²) in [6.07, 6.45) is 0.988. The van der Waals surface area contributed by atoms with Crippen LogP contribution in [-0.2, 0) is 14.3 Å². The molecule has 0 aromatic carbocycles. The molecule has 2 rings (SSSR count). The van der Waals surface area contributed by atoms with Gasteiger partial charge < -0.3 is 14.8 Å². The maximum Gasteiger partial charge on any atom is 0.415 e. The van der Waals surface area contributed by atoms with E-state index in [9.17, 15) is 9.59 Å². The number of cyclic esters (lactones) is 2. The molecular weight excluding hydrogens is 174 g/mol. The predicted molar refractivity (Wildman–Crippen MR) is 42.0 cm³/mol. The molecule has 0 saturated carbocycles. The highest BCUT2D eigenvalue weighted by Gasteiger charge is 2.38. The molecule has 2 aliphatic rings. The van der Waals surface area contributed by atoms with Gasteiger partial charge in [0.25, 0.3) is 0 Å². The van der Waals surface area contributed by atoms with Crippen molar-refractivity contribution in [1.82, 2.24) is 5.32 Å². The number of carbonyl (C=O) groups excluding carboxylic acids is 2. The Hall–Kier alpha value is -1.10. The minimum Gasteiger partial charge on any atom is -0.381 e. The number of alkyl carbamates (subject to hydrolysis) is 1. The Morgan fingerprint density at radius 3 is 2.46 bits per heavy atom. The third-order valence-electron chi connectivity index (χ3n) is 2.46. The molecule has 13 heavy (non-hydrogen) atoms. The fourth-order valence-electron chi connectivity index (χ4n) is 1.73. The van der Waals surface area contributed by atoms with Crippen LogP contribution in [-0.4, -0.2) is 31.3 Å². The molecule has 5 nitrogen and oxygen atoms in total. The van der Waals surface area contributed by atoms with Gasteiger partial charge in [0.2, 0.25) is 0 Å². The molecule has 5 heteroatoms. The normalized spacial score (nSPS) is 30.0. The minimum atomic E-state index is -0.624. The highest BCUT2D eigenvalue weighted by Crippen LogP contribution is 2.21. The summed E-state index contributed by atoms with van der Waals surface area (Å²) in [5.74, 6) is -0.274. The summed E-state index contributed by atoms with van der Waals surface area (Å²) in [5.41, 5.74) is 0. The molecule has 0 radical (unpaired) electrons. The number of nitrogens with one attached hydrogen (secondary N) is 1. The van der Waals surface area contributed by atoms with Crippen molar-refractivity contribution in [3.8, 4) is 0 Å². The van der Waals surface area contributed by atoms with Crippen LogP contribution < -0.4 is 5.32 Å². The summed E-state index contributed by atoms with van der Waals surface area (Å²) in [6.45, 7) is 1.31. The first-order chi connectivity index (χ1) is 6.27. The summed E-state index contributed by atoms with van der Waals surface area (Å²) >= 11 is 0. The van der Waals surface area contributed by atoms with Crippen LogP contribution in [0.4, 0.5) is 4.79 Å². The third kappa shape index (κ3) is 1.65. The van der Waals surface area contributed by atoms with E-state index in [1.165, 1.54) is 0 Å². The molecule has 72 valence electrons. The lowest BCUT2D eigenvalue weighted by molar-refractivity contribution is -0.137. The monoisotopic (exact) mass is 185 g/mol. The third-order valence-corrected chi connectivity index (χ3v) is 2.46. The lowest BCUT2D eigenvalue weighted by Gasteiger charge is -2.24. The second kappa shape index (κ2) is 3.33. The predicted octanol–water partition coefficient (Wildman–Crippen LogP) is 0.0480. The van der Waals surface area contributed by atoms with E-state index in [1.54, 1.807) is 0 Å². The zero-order valence-electron chi connectivity index (χ0n) is 7.12. The largest absolute Gasteiger partial charge is 0.415 e. The van der Waals surface area contributed by atoms with E-state index in [1.807, 2.05) is 0 Å². The molecule has 2 heterocycles. The van der Waals surface area contributed by atoms with E-state index in [0.29, 0.717) is 13.2 Å². The first-order valence-corrected chi connectivity index (χ1v) is 4.37. The number of esters is 1. The topological polar surface area (TPSA) is 64.6 Å². The molecular formula is C8H11NO4. The van der Waals surface area contributed by atoms with Crippen molar-refractivity contribution in [3.05, 3.63) is 0 Å². The lowest BCUT2D eigenvalue weighted by Crippen LogP contribution is -2.39. The van der Waals surface area contributed by atoms with Gasteiger partial charge in [0.1, 0.15) is 6.04 Å². The van der Waals surface area contributed by atoms with Crippen LogP contribution in [0.15, 0.2) is 0 Å². The molecule has 2 aliphatic heterocycles. The zero-order valence-corrected chi connectivity index (χ0v) is 7.12. The van der Waals surface area contributed by atoms with E-state index >= 15 is 0 Å². The van der Waals surface area contributed by atoms with Gasteiger partial charge in [-0.15, -0.1) is 0 Å². The molecule has 0 aromatic rings. The number of carbonyl (C=O) groups is 2. The van der Waals surface area contributed by atoms with Gasteiger partial charge in [0.05, 0.1) is 0 Å². The van der Waals surface area contributed by atoms with Crippen LogP contribution in [0.3, 0.4) is 0 Å². The van der Waals surface area contributed by atoms with Crippen molar-refractivity contribution in [1.29, 1.82) is 0 Å². The Labute approximate surface area is 75.4 Å².